The van der Waals surface area contributed by atoms with Gasteiger partial charge in [-0.25, -0.2) is 4.79 Å². The predicted octanol–water partition coefficient (Wildman–Crippen LogP) is 2.45. The lowest BCUT2D eigenvalue weighted by Gasteiger charge is -2.19. The lowest BCUT2D eigenvalue weighted by molar-refractivity contribution is -0.920. The van der Waals surface area contributed by atoms with E-state index in [4.69, 9.17) is 4.74 Å². The highest BCUT2D eigenvalue weighted by Crippen LogP contribution is 2.04. The van der Waals surface area contributed by atoms with E-state index in [0.29, 0.717) is 18.8 Å². The number of para-hydroxylation sites is 1. The standard InChI is InChI=1S/C24H24N2O3/c27-23(25-22-14-8-3-9-15-22)19-29-24(28)18-26(16-20-10-4-1-5-11-20)17-21-12-6-2-7-13-21/h1-15H,16-19H2,(H,25,27)/p+1. The van der Waals surface area contributed by atoms with E-state index in [9.17, 15) is 9.59 Å². The van der Waals surface area contributed by atoms with Crippen LogP contribution in [0.2, 0.25) is 0 Å². The van der Waals surface area contributed by atoms with Crippen molar-refractivity contribution in [3.8, 4) is 0 Å². The second kappa shape index (κ2) is 10.8. The van der Waals surface area contributed by atoms with Gasteiger partial charge in [-0.15, -0.1) is 0 Å². The first kappa shape index (κ1) is 20.3. The number of quaternary nitrogens is 1. The predicted molar refractivity (Wildman–Crippen MR) is 112 cm³/mol. The molecule has 0 radical (unpaired) electrons. The van der Waals surface area contributed by atoms with Crippen LogP contribution in [0.25, 0.3) is 0 Å². The Hall–Kier alpha value is -3.44. The normalized spacial score (nSPS) is 10.5. The largest absolute Gasteiger partial charge is 0.451 e. The fraction of sp³-hybridized carbons (Fsp3) is 0.167. The molecular weight excluding hydrogens is 364 g/mol. The summed E-state index contributed by atoms with van der Waals surface area (Å²) in [6.45, 7) is 1.28. The molecule has 5 heteroatoms. The number of benzene rings is 3. The summed E-state index contributed by atoms with van der Waals surface area (Å²) < 4.78 is 5.21. The monoisotopic (exact) mass is 389 g/mol. The molecule has 0 aliphatic carbocycles. The van der Waals surface area contributed by atoms with Crippen molar-refractivity contribution in [1.82, 2.24) is 0 Å². The lowest BCUT2D eigenvalue weighted by atomic mass is 10.1. The van der Waals surface area contributed by atoms with Gasteiger partial charge in [-0.05, 0) is 12.1 Å². The van der Waals surface area contributed by atoms with E-state index >= 15 is 0 Å². The Bertz CT molecular complexity index is 858. The summed E-state index contributed by atoms with van der Waals surface area (Å²) in [7, 11) is 0. The van der Waals surface area contributed by atoms with Crippen molar-refractivity contribution in [3.05, 3.63) is 102 Å². The number of carbonyl (C=O) groups is 2. The van der Waals surface area contributed by atoms with Gasteiger partial charge in [0.1, 0.15) is 13.1 Å². The van der Waals surface area contributed by atoms with E-state index in [1.54, 1.807) is 12.1 Å². The van der Waals surface area contributed by atoms with Gasteiger partial charge in [0.25, 0.3) is 5.91 Å². The molecule has 29 heavy (non-hydrogen) atoms. The maximum atomic E-state index is 12.4. The molecule has 0 aromatic heterocycles. The van der Waals surface area contributed by atoms with Crippen LogP contribution in [0.3, 0.4) is 0 Å². The molecule has 3 aromatic rings. The molecule has 0 saturated heterocycles. The minimum atomic E-state index is -0.393. The Labute approximate surface area is 170 Å². The molecule has 0 heterocycles. The Balaban J connectivity index is 1.54. The molecule has 0 unspecified atom stereocenters. The molecule has 5 nitrogen and oxygen atoms in total. The highest BCUT2D eigenvalue weighted by Gasteiger charge is 2.18. The van der Waals surface area contributed by atoms with E-state index < -0.39 is 5.97 Å². The molecule has 0 bridgehead atoms. The van der Waals surface area contributed by atoms with Crippen LogP contribution in [0.15, 0.2) is 91.0 Å². The molecular formula is C24H25N2O3+. The second-order valence-corrected chi connectivity index (χ2v) is 6.83. The van der Waals surface area contributed by atoms with Crippen LogP contribution < -0.4 is 10.2 Å². The van der Waals surface area contributed by atoms with Gasteiger partial charge in [0.15, 0.2) is 13.2 Å². The summed E-state index contributed by atoms with van der Waals surface area (Å²) in [4.78, 5) is 25.4. The van der Waals surface area contributed by atoms with E-state index in [0.717, 1.165) is 16.0 Å². The van der Waals surface area contributed by atoms with Crippen molar-refractivity contribution in [2.45, 2.75) is 13.1 Å². The van der Waals surface area contributed by atoms with Crippen molar-refractivity contribution < 1.29 is 19.2 Å². The highest BCUT2D eigenvalue weighted by molar-refractivity contribution is 5.92. The molecule has 0 aliphatic heterocycles. The number of amides is 1. The number of nitrogens with one attached hydrogen (secondary N) is 2. The Morgan fingerprint density at radius 1 is 0.724 bits per heavy atom. The molecule has 0 aliphatic rings. The molecule has 0 fully saturated rings. The van der Waals surface area contributed by atoms with Gasteiger partial charge in [0.05, 0.1) is 0 Å². The van der Waals surface area contributed by atoms with E-state index in [1.807, 2.05) is 78.9 Å². The van der Waals surface area contributed by atoms with Crippen LogP contribution in [0, 0.1) is 0 Å². The van der Waals surface area contributed by atoms with Gasteiger partial charge in [-0.2, -0.15) is 0 Å². The fourth-order valence-electron chi connectivity index (χ4n) is 3.08. The fourth-order valence-corrected chi connectivity index (χ4v) is 3.08. The zero-order valence-corrected chi connectivity index (χ0v) is 16.2. The Morgan fingerprint density at radius 3 is 1.72 bits per heavy atom. The van der Waals surface area contributed by atoms with Crippen LogP contribution in [-0.2, 0) is 27.4 Å². The minimum absolute atomic E-state index is 0.183. The van der Waals surface area contributed by atoms with Crippen molar-refractivity contribution in [2.75, 3.05) is 18.5 Å². The third-order valence-corrected chi connectivity index (χ3v) is 4.41. The van der Waals surface area contributed by atoms with Gasteiger partial charge in [0.2, 0.25) is 0 Å². The van der Waals surface area contributed by atoms with Crippen molar-refractivity contribution in [3.63, 3.8) is 0 Å². The number of carbonyl (C=O) groups excluding carboxylic acids is 2. The highest BCUT2D eigenvalue weighted by atomic mass is 16.5. The molecule has 0 spiro atoms. The van der Waals surface area contributed by atoms with Crippen LogP contribution in [0.1, 0.15) is 11.1 Å². The maximum absolute atomic E-state index is 12.4. The van der Waals surface area contributed by atoms with Crippen molar-refractivity contribution >= 4 is 17.6 Å². The topological polar surface area (TPSA) is 59.8 Å². The van der Waals surface area contributed by atoms with Crippen molar-refractivity contribution in [2.24, 2.45) is 0 Å². The quantitative estimate of drug-likeness (QED) is 0.553. The minimum Gasteiger partial charge on any atom is -0.451 e. The molecule has 2 N–H and O–H groups in total. The van der Waals surface area contributed by atoms with Gasteiger partial charge < -0.3 is 15.0 Å². The van der Waals surface area contributed by atoms with Crippen LogP contribution >= 0.6 is 0 Å². The zero-order valence-electron chi connectivity index (χ0n) is 16.2. The molecule has 0 saturated carbocycles. The van der Waals surface area contributed by atoms with E-state index in [1.165, 1.54) is 0 Å². The second-order valence-electron chi connectivity index (χ2n) is 6.83. The third kappa shape index (κ3) is 7.24. The molecule has 3 rings (SSSR count). The zero-order chi connectivity index (χ0) is 20.3. The number of ether oxygens (including phenoxy) is 1. The summed E-state index contributed by atoms with van der Waals surface area (Å²) in [6, 6.07) is 29.2. The van der Waals surface area contributed by atoms with Crippen LogP contribution in [-0.4, -0.2) is 25.0 Å². The van der Waals surface area contributed by atoms with E-state index in [2.05, 4.69) is 5.32 Å². The first-order valence-corrected chi connectivity index (χ1v) is 9.61. The van der Waals surface area contributed by atoms with Crippen LogP contribution in [0.4, 0.5) is 5.69 Å². The first-order valence-electron chi connectivity index (χ1n) is 9.61. The van der Waals surface area contributed by atoms with Gasteiger partial charge in [-0.1, -0.05) is 78.9 Å². The third-order valence-electron chi connectivity index (χ3n) is 4.41. The summed E-state index contributed by atoms with van der Waals surface area (Å²) >= 11 is 0. The van der Waals surface area contributed by atoms with Gasteiger partial charge in [0, 0.05) is 16.8 Å². The first-order chi connectivity index (χ1) is 14.2. The molecule has 0 atom stereocenters. The average Bonchev–Trinajstić information content (AvgIpc) is 2.74. The SMILES string of the molecule is O=C(COC(=O)C[NH+](Cc1ccccc1)Cc1ccccc1)Nc1ccccc1. The Morgan fingerprint density at radius 2 is 1.21 bits per heavy atom. The van der Waals surface area contributed by atoms with Crippen molar-refractivity contribution in [1.29, 1.82) is 0 Å². The average molecular weight is 389 g/mol. The maximum Gasteiger partial charge on any atom is 0.362 e. The number of rotatable bonds is 9. The summed E-state index contributed by atoms with van der Waals surface area (Å²) in [6.07, 6.45) is 0. The smallest absolute Gasteiger partial charge is 0.362 e. The number of hydrogen-bond donors (Lipinski definition) is 2. The summed E-state index contributed by atoms with van der Waals surface area (Å²) in [5, 5.41) is 2.71. The summed E-state index contributed by atoms with van der Waals surface area (Å²) in [5.74, 6) is -0.743. The van der Waals surface area contributed by atoms with Gasteiger partial charge in [-0.3, -0.25) is 4.79 Å². The molecule has 148 valence electrons. The van der Waals surface area contributed by atoms with E-state index in [-0.39, 0.29) is 19.1 Å². The summed E-state index contributed by atoms with van der Waals surface area (Å²) in [5.41, 5.74) is 2.97. The Kier molecular flexibility index (Phi) is 7.55. The molecule has 1 amide bonds. The number of anilines is 1. The van der Waals surface area contributed by atoms with Gasteiger partial charge >= 0.3 is 5.97 Å². The number of hydrogen-bond acceptors (Lipinski definition) is 3. The number of esters is 1. The lowest BCUT2D eigenvalue weighted by Crippen LogP contribution is -3.10. The van der Waals surface area contributed by atoms with Crippen LogP contribution in [0.5, 0.6) is 0 Å². The molecule has 3 aromatic carbocycles.